The van der Waals surface area contributed by atoms with Crippen molar-refractivity contribution in [2.75, 3.05) is 12.3 Å². The number of hydrogen-bond acceptors (Lipinski definition) is 5. The highest BCUT2D eigenvalue weighted by Crippen LogP contribution is 2.36. The van der Waals surface area contributed by atoms with Crippen LogP contribution in [0.15, 0.2) is 9.95 Å². The molecule has 1 saturated carbocycles. The fourth-order valence-corrected chi connectivity index (χ4v) is 6.86. The van der Waals surface area contributed by atoms with E-state index in [0.29, 0.717) is 29.4 Å². The van der Waals surface area contributed by atoms with Gasteiger partial charge in [-0.1, -0.05) is 24.6 Å². The number of fused-ring (bicyclic) bond motifs is 2. The number of thiophene rings is 1. The van der Waals surface area contributed by atoms with Gasteiger partial charge in [0.2, 0.25) is 5.91 Å². The lowest BCUT2D eigenvalue weighted by Gasteiger charge is -2.44. The first kappa shape index (κ1) is 20.0. The molecule has 4 rings (SSSR count). The van der Waals surface area contributed by atoms with Crippen molar-refractivity contribution in [1.29, 1.82) is 0 Å². The third-order valence-electron chi connectivity index (χ3n) is 6.46. The Hall–Kier alpha value is -1.34. The summed E-state index contributed by atoms with van der Waals surface area (Å²) in [6.45, 7) is 7.44. The summed E-state index contributed by atoms with van der Waals surface area (Å²) in [5, 5.41) is 1.41. The lowest BCUT2D eigenvalue weighted by Crippen LogP contribution is -2.50. The zero-order valence-electron chi connectivity index (χ0n) is 17.0. The van der Waals surface area contributed by atoms with Gasteiger partial charge in [-0.25, -0.2) is 4.98 Å². The molecule has 0 bridgehead atoms. The van der Waals surface area contributed by atoms with E-state index in [1.807, 2.05) is 20.8 Å². The summed E-state index contributed by atoms with van der Waals surface area (Å²) in [4.78, 5) is 34.8. The lowest BCUT2D eigenvalue weighted by molar-refractivity contribution is -0.134. The highest BCUT2D eigenvalue weighted by atomic mass is 32.2. The Labute approximate surface area is 174 Å². The maximum atomic E-state index is 13.0. The number of amides is 1. The van der Waals surface area contributed by atoms with Crippen LogP contribution in [0.4, 0.5) is 0 Å². The van der Waals surface area contributed by atoms with Gasteiger partial charge in [-0.2, -0.15) is 0 Å². The molecule has 2 aromatic rings. The average Bonchev–Trinajstić information content (AvgIpc) is 2.99. The number of nitrogens with zero attached hydrogens (tertiary/aromatic N) is 3. The second kappa shape index (κ2) is 8.19. The van der Waals surface area contributed by atoms with Gasteiger partial charge in [0.05, 0.1) is 11.1 Å². The zero-order valence-corrected chi connectivity index (χ0v) is 18.6. The van der Waals surface area contributed by atoms with Gasteiger partial charge in [-0.15, -0.1) is 11.3 Å². The van der Waals surface area contributed by atoms with Crippen LogP contribution in [0.2, 0.25) is 0 Å². The number of aromatic nitrogens is 2. The minimum atomic E-state index is 0.0228. The zero-order chi connectivity index (χ0) is 19.8. The minimum Gasteiger partial charge on any atom is -0.339 e. The predicted octanol–water partition coefficient (Wildman–Crippen LogP) is 4.37. The van der Waals surface area contributed by atoms with Gasteiger partial charge in [0.25, 0.3) is 5.56 Å². The number of piperidine rings is 1. The normalized spacial score (nSPS) is 22.5. The number of thioether (sulfide) groups is 1. The minimum absolute atomic E-state index is 0.0228. The van der Waals surface area contributed by atoms with E-state index in [-0.39, 0.29) is 11.5 Å². The highest BCUT2D eigenvalue weighted by Gasteiger charge is 2.35. The van der Waals surface area contributed by atoms with E-state index in [1.165, 1.54) is 37.4 Å². The van der Waals surface area contributed by atoms with Crippen molar-refractivity contribution >= 4 is 39.2 Å². The molecule has 1 amide bonds. The summed E-state index contributed by atoms with van der Waals surface area (Å²) in [5.41, 5.74) is 1.05. The topological polar surface area (TPSA) is 55.2 Å². The molecule has 1 aliphatic carbocycles. The number of aryl methyl sites for hydroxylation is 2. The molecule has 5 nitrogen and oxygen atoms in total. The molecular weight excluding hydrogens is 390 g/mol. The number of carbonyl (C=O) groups is 1. The molecule has 0 aromatic carbocycles. The van der Waals surface area contributed by atoms with E-state index in [9.17, 15) is 9.59 Å². The van der Waals surface area contributed by atoms with Crippen molar-refractivity contribution in [3.05, 3.63) is 20.8 Å². The first-order chi connectivity index (χ1) is 13.5. The van der Waals surface area contributed by atoms with Crippen LogP contribution in [0.25, 0.3) is 10.2 Å². The monoisotopic (exact) mass is 419 g/mol. The fraction of sp³-hybridized carbons (Fsp3) is 0.667. The molecular formula is C21H29N3O2S2. The van der Waals surface area contributed by atoms with Gasteiger partial charge < -0.3 is 4.90 Å². The number of hydrogen-bond donors (Lipinski definition) is 0. The van der Waals surface area contributed by atoms with Crippen molar-refractivity contribution in [1.82, 2.24) is 14.5 Å². The molecule has 3 heterocycles. The Morgan fingerprint density at radius 1 is 1.21 bits per heavy atom. The van der Waals surface area contributed by atoms with E-state index >= 15 is 0 Å². The quantitative estimate of drug-likeness (QED) is 0.545. The van der Waals surface area contributed by atoms with Crippen LogP contribution in [0.3, 0.4) is 0 Å². The standard InChI is InChI=1S/C21H29N3O2S2/c1-4-23-20(26)18-13(2)14(3)28-19(18)22-21(23)27-12-17(25)24-11-7-9-15-8-5-6-10-16(15)24/h15-16H,4-12H2,1-3H3/t15-,16-/m0/s1. The van der Waals surface area contributed by atoms with Gasteiger partial charge in [-0.05, 0) is 57.9 Å². The lowest BCUT2D eigenvalue weighted by atomic mass is 9.78. The molecule has 7 heteroatoms. The smallest absolute Gasteiger partial charge is 0.263 e. The first-order valence-corrected chi connectivity index (χ1v) is 12.2. The SMILES string of the molecule is CCn1c(SCC(=O)N2CCC[C@@H]3CCCC[C@@H]32)nc2sc(C)c(C)c2c1=O. The Kier molecular flexibility index (Phi) is 5.83. The number of carbonyl (C=O) groups excluding carboxylic acids is 1. The molecule has 2 aliphatic rings. The van der Waals surface area contributed by atoms with Crippen molar-refractivity contribution in [3.63, 3.8) is 0 Å². The van der Waals surface area contributed by atoms with Crippen LogP contribution in [0.1, 0.15) is 55.9 Å². The van der Waals surface area contributed by atoms with E-state index in [2.05, 4.69) is 4.90 Å². The molecule has 1 aliphatic heterocycles. The summed E-state index contributed by atoms with van der Waals surface area (Å²) in [6.07, 6.45) is 7.36. The molecule has 0 spiro atoms. The second-order valence-electron chi connectivity index (χ2n) is 8.04. The molecule has 0 N–H and O–H groups in total. The summed E-state index contributed by atoms with van der Waals surface area (Å²) >= 11 is 2.99. The Balaban J connectivity index is 1.55. The van der Waals surface area contributed by atoms with E-state index in [1.54, 1.807) is 15.9 Å². The summed E-state index contributed by atoms with van der Waals surface area (Å²) in [5.74, 6) is 1.26. The predicted molar refractivity (Wildman–Crippen MR) is 116 cm³/mol. The van der Waals surface area contributed by atoms with Crippen LogP contribution in [0, 0.1) is 19.8 Å². The molecule has 0 radical (unpaired) electrons. The molecule has 2 atom stereocenters. The largest absolute Gasteiger partial charge is 0.339 e. The number of rotatable bonds is 4. The maximum absolute atomic E-state index is 13.0. The summed E-state index contributed by atoms with van der Waals surface area (Å²) in [6, 6.07) is 0.432. The van der Waals surface area contributed by atoms with E-state index in [0.717, 1.165) is 40.0 Å². The molecule has 152 valence electrons. The third-order valence-corrected chi connectivity index (χ3v) is 8.52. The van der Waals surface area contributed by atoms with Gasteiger partial charge in [-0.3, -0.25) is 14.2 Å². The average molecular weight is 420 g/mol. The fourth-order valence-electron chi connectivity index (χ4n) is 4.84. The van der Waals surface area contributed by atoms with Crippen LogP contribution in [-0.4, -0.2) is 38.7 Å². The molecule has 28 heavy (non-hydrogen) atoms. The highest BCUT2D eigenvalue weighted by molar-refractivity contribution is 7.99. The molecule has 1 saturated heterocycles. The van der Waals surface area contributed by atoms with Crippen LogP contribution < -0.4 is 5.56 Å². The van der Waals surface area contributed by atoms with Crippen molar-refractivity contribution < 1.29 is 4.79 Å². The van der Waals surface area contributed by atoms with Crippen molar-refractivity contribution in [2.24, 2.45) is 5.92 Å². The molecule has 0 unspecified atom stereocenters. The van der Waals surface area contributed by atoms with Gasteiger partial charge >= 0.3 is 0 Å². The van der Waals surface area contributed by atoms with Crippen LogP contribution in [0.5, 0.6) is 0 Å². The number of likely N-dealkylation sites (tertiary alicyclic amines) is 1. The Morgan fingerprint density at radius 3 is 2.75 bits per heavy atom. The second-order valence-corrected chi connectivity index (χ2v) is 10.2. The van der Waals surface area contributed by atoms with E-state index in [4.69, 9.17) is 4.98 Å². The van der Waals surface area contributed by atoms with Gasteiger partial charge in [0, 0.05) is 24.0 Å². The Morgan fingerprint density at radius 2 is 1.96 bits per heavy atom. The molecule has 2 aromatic heterocycles. The molecule has 2 fully saturated rings. The van der Waals surface area contributed by atoms with Crippen molar-refractivity contribution in [2.45, 2.75) is 77.0 Å². The van der Waals surface area contributed by atoms with Gasteiger partial charge in [0.1, 0.15) is 4.83 Å². The first-order valence-electron chi connectivity index (χ1n) is 10.4. The van der Waals surface area contributed by atoms with Crippen molar-refractivity contribution in [3.8, 4) is 0 Å². The Bertz CT molecular complexity index is 947. The third kappa shape index (κ3) is 3.52. The summed E-state index contributed by atoms with van der Waals surface area (Å²) in [7, 11) is 0. The van der Waals surface area contributed by atoms with E-state index < -0.39 is 0 Å². The van der Waals surface area contributed by atoms with Crippen LogP contribution >= 0.6 is 23.1 Å². The van der Waals surface area contributed by atoms with Crippen LogP contribution in [-0.2, 0) is 11.3 Å². The maximum Gasteiger partial charge on any atom is 0.263 e. The summed E-state index contributed by atoms with van der Waals surface area (Å²) < 4.78 is 1.72. The van der Waals surface area contributed by atoms with Gasteiger partial charge in [0.15, 0.2) is 5.16 Å².